The monoisotopic (exact) mass is 395 g/mol. The molecular weight excluding hydrogens is 355 g/mol. The van der Waals surface area contributed by atoms with E-state index in [-0.39, 0.29) is 10.9 Å². The number of unbranched alkanes of at least 4 members (excludes halogenated alkanes) is 13. The Kier molecular flexibility index (Phi) is 19.1. The van der Waals surface area contributed by atoms with Gasteiger partial charge >= 0.3 is 0 Å². The van der Waals surface area contributed by atoms with Crippen LogP contribution in [0.25, 0.3) is 0 Å². The summed E-state index contributed by atoms with van der Waals surface area (Å²) in [5.74, 6) is 0. The maximum absolute atomic E-state index is 6.00. The minimum atomic E-state index is -0.715. The molecule has 0 aromatic rings. The molecule has 0 N–H and O–H groups in total. The van der Waals surface area contributed by atoms with E-state index in [1.807, 2.05) is 0 Å². The summed E-state index contributed by atoms with van der Waals surface area (Å²) in [7, 11) is -0.715. The van der Waals surface area contributed by atoms with Gasteiger partial charge < -0.3 is 4.43 Å². The summed E-state index contributed by atoms with van der Waals surface area (Å²) >= 11 is 12.0. The molecule has 145 valence electrons. The molecule has 1 atom stereocenters. The van der Waals surface area contributed by atoms with Crippen LogP contribution in [-0.4, -0.2) is 20.0 Å². The third kappa shape index (κ3) is 17.6. The second kappa shape index (κ2) is 18.5. The number of alkyl halides is 2. The van der Waals surface area contributed by atoms with Gasteiger partial charge in [0.05, 0.1) is 6.10 Å². The maximum Gasteiger partial charge on any atom is 0.205 e. The molecule has 1 nitrogen and oxygen atoms in total. The summed E-state index contributed by atoms with van der Waals surface area (Å²) in [5, 5.41) is 0. The fourth-order valence-corrected chi connectivity index (χ4v) is 4.47. The van der Waals surface area contributed by atoms with E-state index in [0.717, 1.165) is 6.42 Å². The molecule has 0 fully saturated rings. The molecular formula is C20H41Cl2OSi. The van der Waals surface area contributed by atoms with Crippen molar-refractivity contribution in [2.75, 3.05) is 0 Å². The van der Waals surface area contributed by atoms with Gasteiger partial charge in [-0.3, -0.25) is 0 Å². The normalized spacial score (nSPS) is 13.1. The van der Waals surface area contributed by atoms with Crippen molar-refractivity contribution in [3.8, 4) is 0 Å². The molecule has 0 aliphatic carbocycles. The highest BCUT2D eigenvalue weighted by Gasteiger charge is 2.18. The molecule has 0 saturated heterocycles. The largest absolute Gasteiger partial charge is 0.412 e. The first-order chi connectivity index (χ1) is 11.6. The first-order valence-corrected chi connectivity index (χ1v) is 13.6. The summed E-state index contributed by atoms with van der Waals surface area (Å²) in [6.45, 7) is 6.56. The van der Waals surface area contributed by atoms with Crippen molar-refractivity contribution in [1.82, 2.24) is 0 Å². The molecule has 0 spiro atoms. The van der Waals surface area contributed by atoms with Crippen LogP contribution < -0.4 is 0 Å². The fraction of sp³-hybridized carbons (Fsp3) is 1.00. The van der Waals surface area contributed by atoms with Crippen molar-refractivity contribution in [1.29, 1.82) is 0 Å². The van der Waals surface area contributed by atoms with Crippen molar-refractivity contribution >= 4 is 32.2 Å². The van der Waals surface area contributed by atoms with Crippen LogP contribution in [0.5, 0.6) is 0 Å². The lowest BCUT2D eigenvalue weighted by molar-refractivity contribution is 0.203. The molecule has 1 unspecified atom stereocenters. The average Bonchev–Trinajstić information content (AvgIpc) is 2.53. The molecule has 24 heavy (non-hydrogen) atoms. The van der Waals surface area contributed by atoms with Crippen LogP contribution in [0, 0.1) is 0 Å². The van der Waals surface area contributed by atoms with Crippen LogP contribution in [0.4, 0.5) is 0 Å². The predicted octanol–water partition coefficient (Wildman–Crippen LogP) is 8.30. The Morgan fingerprint density at radius 3 is 1.38 bits per heavy atom. The van der Waals surface area contributed by atoms with Gasteiger partial charge in [-0.25, -0.2) is 0 Å². The Morgan fingerprint density at radius 2 is 1.04 bits per heavy atom. The lowest BCUT2D eigenvalue weighted by Gasteiger charge is -2.20. The van der Waals surface area contributed by atoms with Gasteiger partial charge in [0, 0.05) is 0 Å². The van der Waals surface area contributed by atoms with Crippen molar-refractivity contribution in [2.24, 2.45) is 0 Å². The number of rotatable bonds is 18. The van der Waals surface area contributed by atoms with E-state index >= 15 is 0 Å². The summed E-state index contributed by atoms with van der Waals surface area (Å²) in [6, 6.07) is 0. The molecule has 0 aliphatic rings. The highest BCUT2D eigenvalue weighted by atomic mass is 35.5. The van der Waals surface area contributed by atoms with Crippen LogP contribution in [0.1, 0.15) is 103 Å². The van der Waals surface area contributed by atoms with E-state index in [4.69, 9.17) is 27.6 Å². The quantitative estimate of drug-likeness (QED) is 0.129. The zero-order chi connectivity index (χ0) is 18.0. The second-order valence-electron chi connectivity index (χ2n) is 7.28. The second-order valence-corrected chi connectivity index (χ2v) is 10.5. The van der Waals surface area contributed by atoms with E-state index in [2.05, 4.69) is 20.0 Å². The van der Waals surface area contributed by atoms with E-state index in [9.17, 15) is 0 Å². The van der Waals surface area contributed by atoms with Gasteiger partial charge in [0.2, 0.25) is 9.04 Å². The zero-order valence-electron chi connectivity index (χ0n) is 16.4. The summed E-state index contributed by atoms with van der Waals surface area (Å²) in [4.78, 5) is -0.383. The van der Waals surface area contributed by atoms with Crippen LogP contribution in [-0.2, 0) is 4.43 Å². The number of halogens is 2. The van der Waals surface area contributed by atoms with Gasteiger partial charge in [-0.1, -0.05) is 96.8 Å². The third-order valence-electron chi connectivity index (χ3n) is 4.51. The van der Waals surface area contributed by atoms with Gasteiger partial charge in [0.25, 0.3) is 0 Å². The molecule has 0 aromatic heterocycles. The van der Waals surface area contributed by atoms with Crippen LogP contribution in [0.15, 0.2) is 0 Å². The first kappa shape index (κ1) is 24.8. The Bertz CT molecular complexity index is 250. The molecule has 0 bridgehead atoms. The fourth-order valence-electron chi connectivity index (χ4n) is 3.08. The molecule has 0 aliphatic heterocycles. The molecule has 0 rings (SSSR count). The minimum Gasteiger partial charge on any atom is -0.412 e. The third-order valence-corrected chi connectivity index (χ3v) is 5.85. The minimum absolute atomic E-state index is 0.0366. The Labute approximate surface area is 163 Å². The summed E-state index contributed by atoms with van der Waals surface area (Å²) in [6.07, 6.45) is 20.5. The first-order valence-electron chi connectivity index (χ1n) is 10.3. The van der Waals surface area contributed by atoms with Crippen molar-refractivity contribution in [3.05, 3.63) is 0 Å². The van der Waals surface area contributed by atoms with E-state index in [1.54, 1.807) is 0 Å². The standard InChI is InChI=1S/C20H41Cl2OSi/c1-4-5-6-7-8-9-10-11-12-13-14-15-16-17-18-19(20(21)22)23-24(2)3/h19-20H,4-18H2,1-3H3. The van der Waals surface area contributed by atoms with E-state index in [1.165, 1.54) is 89.9 Å². The van der Waals surface area contributed by atoms with Crippen molar-refractivity contribution < 1.29 is 4.43 Å². The Balaban J connectivity index is 3.27. The molecule has 0 aromatic carbocycles. The Hall–Kier alpha value is 0.757. The smallest absolute Gasteiger partial charge is 0.205 e. The SMILES string of the molecule is CCCCCCCCCCCCCCCCC(O[Si](C)C)C(Cl)Cl. The van der Waals surface area contributed by atoms with E-state index in [0.29, 0.717) is 0 Å². The highest BCUT2D eigenvalue weighted by Crippen LogP contribution is 2.20. The molecule has 0 saturated carbocycles. The van der Waals surface area contributed by atoms with Crippen molar-refractivity contribution in [2.45, 2.75) is 127 Å². The van der Waals surface area contributed by atoms with Gasteiger partial charge in [0.1, 0.15) is 4.84 Å². The molecule has 1 radical (unpaired) electrons. The molecule has 0 amide bonds. The lowest BCUT2D eigenvalue weighted by atomic mass is 10.0. The Morgan fingerprint density at radius 1 is 0.667 bits per heavy atom. The lowest BCUT2D eigenvalue weighted by Crippen LogP contribution is -2.26. The van der Waals surface area contributed by atoms with Crippen LogP contribution in [0.3, 0.4) is 0 Å². The van der Waals surface area contributed by atoms with Gasteiger partial charge in [-0.15, -0.1) is 23.2 Å². The number of hydrogen-bond donors (Lipinski definition) is 0. The van der Waals surface area contributed by atoms with Gasteiger partial charge in [0.15, 0.2) is 0 Å². The summed E-state index contributed by atoms with van der Waals surface area (Å²) in [5.41, 5.74) is 0. The maximum atomic E-state index is 6.00. The van der Waals surface area contributed by atoms with Crippen molar-refractivity contribution in [3.63, 3.8) is 0 Å². The highest BCUT2D eigenvalue weighted by molar-refractivity contribution is 6.49. The summed E-state index contributed by atoms with van der Waals surface area (Å²) < 4.78 is 5.86. The van der Waals surface area contributed by atoms with E-state index < -0.39 is 9.04 Å². The zero-order valence-corrected chi connectivity index (χ0v) is 18.9. The number of hydrogen-bond acceptors (Lipinski definition) is 1. The van der Waals surface area contributed by atoms with Gasteiger partial charge in [-0.05, 0) is 19.5 Å². The molecule has 4 heteroatoms. The molecule has 0 heterocycles. The predicted molar refractivity (Wildman–Crippen MR) is 113 cm³/mol. The van der Waals surface area contributed by atoms with Crippen LogP contribution in [0.2, 0.25) is 13.1 Å². The average molecular weight is 397 g/mol. The topological polar surface area (TPSA) is 9.23 Å². The van der Waals surface area contributed by atoms with Crippen LogP contribution >= 0.6 is 23.2 Å². The van der Waals surface area contributed by atoms with Gasteiger partial charge in [-0.2, -0.15) is 0 Å².